The SMILES string of the molecule is O=C1CC(Br)CN1C1(c2ccc(Br)cc2)CCC1. The molecule has 1 saturated carbocycles. The predicted molar refractivity (Wildman–Crippen MR) is 78.7 cm³/mol. The minimum Gasteiger partial charge on any atom is -0.332 e. The second-order valence-corrected chi connectivity index (χ2v) is 7.41. The molecule has 18 heavy (non-hydrogen) atoms. The van der Waals surface area contributed by atoms with Crippen molar-refractivity contribution >= 4 is 37.8 Å². The molecule has 0 bridgehead atoms. The van der Waals surface area contributed by atoms with Crippen LogP contribution in [0.15, 0.2) is 28.7 Å². The van der Waals surface area contributed by atoms with Gasteiger partial charge in [-0.2, -0.15) is 0 Å². The summed E-state index contributed by atoms with van der Waals surface area (Å²) >= 11 is 7.05. The van der Waals surface area contributed by atoms with E-state index in [4.69, 9.17) is 0 Å². The van der Waals surface area contributed by atoms with E-state index >= 15 is 0 Å². The number of halogens is 2. The normalized spacial score (nSPS) is 26.2. The van der Waals surface area contributed by atoms with Crippen LogP contribution in [0.4, 0.5) is 0 Å². The standard InChI is InChI=1S/C14H15Br2NO/c15-11-4-2-10(3-5-11)14(6-1-7-14)17-9-12(16)8-13(17)18/h2-5,12H,1,6-9H2. The number of benzene rings is 1. The lowest BCUT2D eigenvalue weighted by molar-refractivity contribution is -0.137. The Morgan fingerprint density at radius 3 is 2.33 bits per heavy atom. The number of likely N-dealkylation sites (tertiary alicyclic amines) is 1. The van der Waals surface area contributed by atoms with Crippen LogP contribution in [0.25, 0.3) is 0 Å². The molecule has 1 heterocycles. The number of amides is 1. The molecule has 2 aliphatic rings. The highest BCUT2D eigenvalue weighted by Gasteiger charge is 2.48. The van der Waals surface area contributed by atoms with Crippen LogP contribution in [0, 0.1) is 0 Å². The number of carbonyl (C=O) groups is 1. The van der Waals surface area contributed by atoms with Crippen LogP contribution < -0.4 is 0 Å². The van der Waals surface area contributed by atoms with E-state index in [1.807, 2.05) is 0 Å². The maximum absolute atomic E-state index is 12.2. The molecule has 1 unspecified atom stereocenters. The van der Waals surface area contributed by atoms with Crippen molar-refractivity contribution in [3.05, 3.63) is 34.3 Å². The van der Waals surface area contributed by atoms with E-state index in [1.165, 1.54) is 12.0 Å². The summed E-state index contributed by atoms with van der Waals surface area (Å²) in [7, 11) is 0. The van der Waals surface area contributed by atoms with Crippen LogP contribution in [0.2, 0.25) is 0 Å². The first-order valence-electron chi connectivity index (χ1n) is 6.32. The van der Waals surface area contributed by atoms with Gasteiger partial charge in [-0.05, 0) is 37.0 Å². The Kier molecular flexibility index (Phi) is 3.27. The van der Waals surface area contributed by atoms with E-state index in [9.17, 15) is 4.79 Å². The third-order valence-electron chi connectivity index (χ3n) is 4.16. The van der Waals surface area contributed by atoms with Crippen LogP contribution in [-0.2, 0) is 10.3 Å². The van der Waals surface area contributed by atoms with Crippen LogP contribution in [-0.4, -0.2) is 22.2 Å². The second-order valence-electron chi connectivity index (χ2n) is 5.20. The molecular formula is C14H15Br2NO. The number of carbonyl (C=O) groups excluding carboxylic acids is 1. The van der Waals surface area contributed by atoms with Crippen LogP contribution in [0.1, 0.15) is 31.2 Å². The van der Waals surface area contributed by atoms with Gasteiger partial charge in [0.05, 0.1) is 5.54 Å². The van der Waals surface area contributed by atoms with Gasteiger partial charge in [0.25, 0.3) is 0 Å². The average Bonchev–Trinajstić information content (AvgIpc) is 2.60. The fraction of sp³-hybridized carbons (Fsp3) is 0.500. The molecule has 1 atom stereocenters. The van der Waals surface area contributed by atoms with E-state index < -0.39 is 0 Å². The molecule has 1 aliphatic heterocycles. The molecule has 1 amide bonds. The highest BCUT2D eigenvalue weighted by Crippen LogP contribution is 2.48. The van der Waals surface area contributed by atoms with Crippen molar-refractivity contribution in [2.24, 2.45) is 0 Å². The number of hydrogen-bond donors (Lipinski definition) is 0. The van der Waals surface area contributed by atoms with Gasteiger partial charge in [-0.15, -0.1) is 0 Å². The van der Waals surface area contributed by atoms with E-state index in [2.05, 4.69) is 61.0 Å². The topological polar surface area (TPSA) is 20.3 Å². The third kappa shape index (κ3) is 1.94. The molecule has 2 fully saturated rings. The number of rotatable bonds is 2. The van der Waals surface area contributed by atoms with Gasteiger partial charge in [0.2, 0.25) is 5.91 Å². The van der Waals surface area contributed by atoms with E-state index in [0.29, 0.717) is 17.2 Å². The van der Waals surface area contributed by atoms with Crippen molar-refractivity contribution < 1.29 is 4.79 Å². The minimum absolute atomic E-state index is 0.0275. The molecule has 1 aromatic carbocycles. The van der Waals surface area contributed by atoms with Gasteiger partial charge in [-0.25, -0.2) is 0 Å². The Morgan fingerprint density at radius 2 is 1.89 bits per heavy atom. The van der Waals surface area contributed by atoms with E-state index in [1.54, 1.807) is 0 Å². The summed E-state index contributed by atoms with van der Waals surface area (Å²) in [6, 6.07) is 8.44. The summed E-state index contributed by atoms with van der Waals surface area (Å²) in [6.07, 6.45) is 4.05. The Hall–Kier alpha value is -0.350. The van der Waals surface area contributed by atoms with Gasteiger partial charge < -0.3 is 4.90 Å². The van der Waals surface area contributed by atoms with Gasteiger partial charge in [0.15, 0.2) is 0 Å². The first kappa shape index (κ1) is 12.7. The zero-order valence-corrected chi connectivity index (χ0v) is 13.2. The third-order valence-corrected chi connectivity index (χ3v) is 5.30. The smallest absolute Gasteiger partial charge is 0.224 e. The molecule has 0 radical (unpaired) electrons. The Morgan fingerprint density at radius 1 is 1.22 bits per heavy atom. The fourth-order valence-electron chi connectivity index (χ4n) is 3.06. The van der Waals surface area contributed by atoms with E-state index in [0.717, 1.165) is 23.9 Å². The first-order valence-corrected chi connectivity index (χ1v) is 8.03. The molecule has 3 rings (SSSR count). The molecule has 0 aromatic heterocycles. The first-order chi connectivity index (χ1) is 8.62. The molecule has 0 N–H and O–H groups in total. The number of hydrogen-bond acceptors (Lipinski definition) is 1. The lowest BCUT2D eigenvalue weighted by Crippen LogP contribution is -2.51. The monoisotopic (exact) mass is 371 g/mol. The van der Waals surface area contributed by atoms with Crippen molar-refractivity contribution in [1.82, 2.24) is 4.90 Å². The zero-order chi connectivity index (χ0) is 12.8. The quantitative estimate of drug-likeness (QED) is 0.722. The largest absolute Gasteiger partial charge is 0.332 e. The number of nitrogens with zero attached hydrogens (tertiary/aromatic N) is 1. The predicted octanol–water partition coefficient (Wildman–Crippen LogP) is 3.82. The Bertz CT molecular complexity index is 467. The van der Waals surface area contributed by atoms with Gasteiger partial charge in [0.1, 0.15) is 0 Å². The van der Waals surface area contributed by atoms with Gasteiger partial charge in [0, 0.05) is 22.3 Å². The van der Waals surface area contributed by atoms with Crippen molar-refractivity contribution in [3.63, 3.8) is 0 Å². The maximum Gasteiger partial charge on any atom is 0.224 e. The summed E-state index contributed by atoms with van der Waals surface area (Å²) in [5, 5.41) is 0. The lowest BCUT2D eigenvalue weighted by Gasteiger charge is -2.49. The van der Waals surface area contributed by atoms with Crippen molar-refractivity contribution in [1.29, 1.82) is 0 Å². The molecule has 1 aromatic rings. The van der Waals surface area contributed by atoms with Crippen LogP contribution in [0.5, 0.6) is 0 Å². The molecule has 4 heteroatoms. The summed E-state index contributed by atoms with van der Waals surface area (Å²) in [6.45, 7) is 0.842. The van der Waals surface area contributed by atoms with Crippen LogP contribution >= 0.6 is 31.9 Å². The summed E-state index contributed by atoms with van der Waals surface area (Å²) in [5.74, 6) is 0.291. The van der Waals surface area contributed by atoms with Crippen molar-refractivity contribution in [3.8, 4) is 0 Å². The summed E-state index contributed by atoms with van der Waals surface area (Å²) in [5.41, 5.74) is 1.26. The molecule has 2 nitrogen and oxygen atoms in total. The fourth-order valence-corrected chi connectivity index (χ4v) is 3.89. The Balaban J connectivity index is 1.95. The van der Waals surface area contributed by atoms with Crippen molar-refractivity contribution in [2.75, 3.05) is 6.54 Å². The lowest BCUT2D eigenvalue weighted by atomic mass is 9.70. The minimum atomic E-state index is -0.0275. The highest BCUT2D eigenvalue weighted by atomic mass is 79.9. The molecule has 1 saturated heterocycles. The Labute approximate surface area is 124 Å². The number of alkyl halides is 1. The average molecular weight is 373 g/mol. The molecule has 96 valence electrons. The summed E-state index contributed by atoms with van der Waals surface area (Å²) in [4.78, 5) is 14.6. The maximum atomic E-state index is 12.2. The van der Waals surface area contributed by atoms with Crippen LogP contribution in [0.3, 0.4) is 0 Å². The zero-order valence-electron chi connectivity index (χ0n) is 10.0. The van der Waals surface area contributed by atoms with Gasteiger partial charge >= 0.3 is 0 Å². The highest BCUT2D eigenvalue weighted by molar-refractivity contribution is 9.10. The summed E-state index contributed by atoms with van der Waals surface area (Å²) < 4.78 is 1.09. The second kappa shape index (κ2) is 4.64. The van der Waals surface area contributed by atoms with Gasteiger partial charge in [-0.3, -0.25) is 4.79 Å². The molecule has 1 aliphatic carbocycles. The van der Waals surface area contributed by atoms with Crippen molar-refractivity contribution in [2.45, 2.75) is 36.0 Å². The van der Waals surface area contributed by atoms with Gasteiger partial charge in [-0.1, -0.05) is 44.0 Å². The van der Waals surface area contributed by atoms with E-state index in [-0.39, 0.29) is 5.54 Å². The molecule has 0 spiro atoms. The molecular weight excluding hydrogens is 358 g/mol.